The Morgan fingerprint density at radius 1 is 1.58 bits per heavy atom. The van der Waals surface area contributed by atoms with Crippen LogP contribution in [0.25, 0.3) is 11.0 Å². The molecule has 2 heterocycles. The predicted molar refractivity (Wildman–Crippen MR) is 45.4 cm³/mol. The summed E-state index contributed by atoms with van der Waals surface area (Å²) in [5.74, 6) is -0.229. The summed E-state index contributed by atoms with van der Waals surface area (Å²) in [6, 6.07) is 1.83. The molecular formula is C9H9FN2. The number of hydrogen-bond acceptors (Lipinski definition) is 1. The average Bonchev–Trinajstić information content (AvgIpc) is 2.47. The molecule has 0 aromatic carbocycles. The van der Waals surface area contributed by atoms with Gasteiger partial charge in [0.1, 0.15) is 11.5 Å². The van der Waals surface area contributed by atoms with Crippen LogP contribution in [0.15, 0.2) is 18.5 Å². The first-order valence-corrected chi connectivity index (χ1v) is 3.92. The third kappa shape index (κ3) is 0.978. The van der Waals surface area contributed by atoms with Gasteiger partial charge in [0.05, 0.1) is 5.39 Å². The second kappa shape index (κ2) is 2.59. The van der Waals surface area contributed by atoms with E-state index in [1.165, 1.54) is 6.20 Å². The maximum absolute atomic E-state index is 13.0. The fourth-order valence-corrected chi connectivity index (χ4v) is 1.21. The van der Waals surface area contributed by atoms with Crippen LogP contribution in [0.2, 0.25) is 0 Å². The lowest BCUT2D eigenvalue weighted by Gasteiger charge is -1.94. The molecule has 0 aliphatic heterocycles. The van der Waals surface area contributed by atoms with Crippen LogP contribution in [0.5, 0.6) is 0 Å². The minimum atomic E-state index is -0.229. The van der Waals surface area contributed by atoms with Crippen LogP contribution in [-0.4, -0.2) is 9.97 Å². The van der Waals surface area contributed by atoms with Crippen molar-refractivity contribution in [3.05, 3.63) is 29.8 Å². The van der Waals surface area contributed by atoms with E-state index in [9.17, 15) is 4.39 Å². The standard InChI is InChI=1S/C9H9FN2/c1-2-6-3-7-8(10)5-12-9(7)11-4-6/h3-5H,2H2,1H3,(H,11,12). The molecule has 0 saturated heterocycles. The van der Waals surface area contributed by atoms with E-state index in [0.717, 1.165) is 12.0 Å². The zero-order valence-corrected chi connectivity index (χ0v) is 6.76. The van der Waals surface area contributed by atoms with Crippen molar-refractivity contribution in [1.29, 1.82) is 0 Å². The number of halogens is 1. The molecule has 2 aromatic rings. The van der Waals surface area contributed by atoms with Crippen LogP contribution in [-0.2, 0) is 6.42 Å². The highest BCUT2D eigenvalue weighted by molar-refractivity contribution is 5.76. The van der Waals surface area contributed by atoms with Gasteiger partial charge in [0, 0.05) is 12.4 Å². The Hall–Kier alpha value is -1.38. The van der Waals surface area contributed by atoms with Crippen LogP contribution >= 0.6 is 0 Å². The molecule has 12 heavy (non-hydrogen) atoms. The number of aryl methyl sites for hydroxylation is 1. The normalized spacial score (nSPS) is 10.8. The fourth-order valence-electron chi connectivity index (χ4n) is 1.21. The van der Waals surface area contributed by atoms with Crippen molar-refractivity contribution in [2.24, 2.45) is 0 Å². The summed E-state index contributed by atoms with van der Waals surface area (Å²) in [5, 5.41) is 0.578. The molecule has 0 bridgehead atoms. The number of fused-ring (bicyclic) bond motifs is 1. The Morgan fingerprint density at radius 2 is 2.42 bits per heavy atom. The zero-order chi connectivity index (χ0) is 8.55. The summed E-state index contributed by atoms with van der Waals surface area (Å²) in [6.07, 6.45) is 3.98. The summed E-state index contributed by atoms with van der Waals surface area (Å²) in [6.45, 7) is 2.02. The van der Waals surface area contributed by atoms with Crippen LogP contribution < -0.4 is 0 Å². The van der Waals surface area contributed by atoms with Gasteiger partial charge in [0.25, 0.3) is 0 Å². The van der Waals surface area contributed by atoms with E-state index in [1.54, 1.807) is 6.20 Å². The predicted octanol–water partition coefficient (Wildman–Crippen LogP) is 2.26. The lowest BCUT2D eigenvalue weighted by Crippen LogP contribution is -1.83. The van der Waals surface area contributed by atoms with E-state index in [0.29, 0.717) is 11.0 Å². The molecule has 62 valence electrons. The van der Waals surface area contributed by atoms with Crippen molar-refractivity contribution in [2.45, 2.75) is 13.3 Å². The van der Waals surface area contributed by atoms with Gasteiger partial charge in [-0.25, -0.2) is 9.37 Å². The SMILES string of the molecule is CCc1cnc2[nH]cc(F)c2c1. The topological polar surface area (TPSA) is 28.7 Å². The van der Waals surface area contributed by atoms with E-state index in [-0.39, 0.29) is 5.82 Å². The van der Waals surface area contributed by atoms with Crippen LogP contribution in [0.4, 0.5) is 4.39 Å². The molecule has 0 fully saturated rings. The highest BCUT2D eigenvalue weighted by Gasteiger charge is 2.03. The van der Waals surface area contributed by atoms with Gasteiger partial charge in [-0.3, -0.25) is 0 Å². The van der Waals surface area contributed by atoms with Crippen LogP contribution in [0.1, 0.15) is 12.5 Å². The number of H-pyrrole nitrogens is 1. The first-order valence-electron chi connectivity index (χ1n) is 3.92. The molecule has 0 aliphatic rings. The molecule has 0 unspecified atom stereocenters. The molecule has 2 rings (SSSR count). The molecule has 0 saturated carbocycles. The van der Waals surface area contributed by atoms with Crippen molar-refractivity contribution >= 4 is 11.0 Å². The smallest absolute Gasteiger partial charge is 0.150 e. The molecule has 0 radical (unpaired) electrons. The van der Waals surface area contributed by atoms with E-state index in [2.05, 4.69) is 9.97 Å². The van der Waals surface area contributed by atoms with Crippen molar-refractivity contribution in [3.63, 3.8) is 0 Å². The van der Waals surface area contributed by atoms with Gasteiger partial charge in [-0.1, -0.05) is 6.92 Å². The molecule has 3 heteroatoms. The van der Waals surface area contributed by atoms with E-state index >= 15 is 0 Å². The Bertz CT molecular complexity index is 406. The molecule has 0 spiro atoms. The Labute approximate surface area is 69.4 Å². The van der Waals surface area contributed by atoms with Crippen molar-refractivity contribution in [1.82, 2.24) is 9.97 Å². The number of pyridine rings is 1. The summed E-state index contributed by atoms with van der Waals surface area (Å²) < 4.78 is 13.0. The summed E-state index contributed by atoms with van der Waals surface area (Å²) >= 11 is 0. The minimum absolute atomic E-state index is 0.229. The summed E-state index contributed by atoms with van der Waals surface area (Å²) in [4.78, 5) is 6.83. The van der Waals surface area contributed by atoms with Gasteiger partial charge < -0.3 is 4.98 Å². The monoisotopic (exact) mass is 164 g/mol. The molecule has 0 aliphatic carbocycles. The van der Waals surface area contributed by atoms with E-state index < -0.39 is 0 Å². The van der Waals surface area contributed by atoms with Gasteiger partial charge in [-0.15, -0.1) is 0 Å². The number of aromatic amines is 1. The third-order valence-electron chi connectivity index (χ3n) is 1.95. The maximum Gasteiger partial charge on any atom is 0.150 e. The molecular weight excluding hydrogens is 155 g/mol. The highest BCUT2D eigenvalue weighted by Crippen LogP contribution is 2.15. The molecule has 1 N–H and O–H groups in total. The Balaban J connectivity index is 2.71. The summed E-state index contributed by atoms with van der Waals surface area (Å²) in [7, 11) is 0. The second-order valence-electron chi connectivity index (χ2n) is 2.73. The van der Waals surface area contributed by atoms with Crippen molar-refractivity contribution in [3.8, 4) is 0 Å². The van der Waals surface area contributed by atoms with Gasteiger partial charge in [0.2, 0.25) is 0 Å². The maximum atomic E-state index is 13.0. The quantitative estimate of drug-likeness (QED) is 0.688. The lowest BCUT2D eigenvalue weighted by molar-refractivity contribution is 0.639. The number of nitrogens with zero attached hydrogens (tertiary/aromatic N) is 1. The van der Waals surface area contributed by atoms with Gasteiger partial charge in [0.15, 0.2) is 0 Å². The van der Waals surface area contributed by atoms with Gasteiger partial charge in [-0.05, 0) is 18.1 Å². The first-order chi connectivity index (χ1) is 5.81. The lowest BCUT2D eigenvalue weighted by atomic mass is 10.2. The number of aromatic nitrogens is 2. The molecule has 0 amide bonds. The van der Waals surface area contributed by atoms with Crippen LogP contribution in [0.3, 0.4) is 0 Å². The number of hydrogen-bond donors (Lipinski definition) is 1. The minimum Gasteiger partial charge on any atom is -0.343 e. The number of rotatable bonds is 1. The Morgan fingerprint density at radius 3 is 3.17 bits per heavy atom. The molecule has 0 atom stereocenters. The number of nitrogens with one attached hydrogen (secondary N) is 1. The largest absolute Gasteiger partial charge is 0.343 e. The van der Waals surface area contributed by atoms with E-state index in [1.807, 2.05) is 13.0 Å². The zero-order valence-electron chi connectivity index (χ0n) is 6.76. The van der Waals surface area contributed by atoms with E-state index in [4.69, 9.17) is 0 Å². The highest BCUT2D eigenvalue weighted by atomic mass is 19.1. The molecule has 2 nitrogen and oxygen atoms in total. The van der Waals surface area contributed by atoms with Crippen molar-refractivity contribution in [2.75, 3.05) is 0 Å². The average molecular weight is 164 g/mol. The Kier molecular flexibility index (Phi) is 1.57. The van der Waals surface area contributed by atoms with Crippen LogP contribution in [0, 0.1) is 5.82 Å². The van der Waals surface area contributed by atoms with Gasteiger partial charge >= 0.3 is 0 Å². The first kappa shape index (κ1) is 7.28. The molecule has 2 aromatic heterocycles. The second-order valence-corrected chi connectivity index (χ2v) is 2.73. The van der Waals surface area contributed by atoms with Crippen molar-refractivity contribution < 1.29 is 4.39 Å². The summed E-state index contributed by atoms with van der Waals surface area (Å²) in [5.41, 5.74) is 1.67. The third-order valence-corrected chi connectivity index (χ3v) is 1.95. The van der Waals surface area contributed by atoms with Gasteiger partial charge in [-0.2, -0.15) is 0 Å². The fraction of sp³-hybridized carbons (Fsp3) is 0.222.